The molecule has 1 heterocycles. The lowest BCUT2D eigenvalue weighted by molar-refractivity contribution is -0.394. The number of aromatic nitrogens is 1. The second kappa shape index (κ2) is 8.22. The zero-order valence-corrected chi connectivity index (χ0v) is 15.2. The SMILES string of the molecule is O=C(Nc1cccc(C(=O)Nc2nccs2)c1)c1cc([N+](=O)[O-])cc([N+](=O)[O-])c1. The van der Waals surface area contributed by atoms with E-state index in [9.17, 15) is 29.8 Å². The predicted octanol–water partition coefficient (Wildman–Crippen LogP) is 3.46. The number of nitro benzene ring substituents is 2. The number of carbonyl (C=O) groups is 2. The van der Waals surface area contributed by atoms with Gasteiger partial charge in [0.2, 0.25) is 0 Å². The normalized spacial score (nSPS) is 10.2. The van der Waals surface area contributed by atoms with Gasteiger partial charge in [-0.3, -0.25) is 35.1 Å². The molecule has 0 unspecified atom stereocenters. The van der Waals surface area contributed by atoms with Gasteiger partial charge in [-0.05, 0) is 18.2 Å². The zero-order chi connectivity index (χ0) is 21.0. The summed E-state index contributed by atoms with van der Waals surface area (Å²) in [6.45, 7) is 0. The van der Waals surface area contributed by atoms with E-state index in [0.717, 1.165) is 18.2 Å². The maximum atomic E-state index is 12.4. The molecule has 0 fully saturated rings. The molecule has 146 valence electrons. The Morgan fingerprint density at radius 2 is 1.55 bits per heavy atom. The molecule has 2 aromatic carbocycles. The van der Waals surface area contributed by atoms with E-state index in [1.165, 1.54) is 41.8 Å². The number of amides is 2. The van der Waals surface area contributed by atoms with Gasteiger partial charge in [-0.25, -0.2) is 4.98 Å². The number of nitro groups is 2. The summed E-state index contributed by atoms with van der Waals surface area (Å²) in [5.41, 5.74) is -0.954. The third kappa shape index (κ3) is 4.75. The standard InChI is InChI=1S/C17H11N5O6S/c23-15(20-17-18-4-5-29-17)10-2-1-3-12(6-10)19-16(24)11-7-13(21(25)26)9-14(8-11)22(27)28/h1-9H,(H,19,24)(H,18,20,23). The zero-order valence-electron chi connectivity index (χ0n) is 14.4. The smallest absolute Gasteiger partial charge is 0.277 e. The van der Waals surface area contributed by atoms with Gasteiger partial charge in [-0.1, -0.05) is 6.07 Å². The fourth-order valence-electron chi connectivity index (χ4n) is 2.33. The van der Waals surface area contributed by atoms with Crippen LogP contribution in [0.15, 0.2) is 54.0 Å². The van der Waals surface area contributed by atoms with Crippen LogP contribution in [0.1, 0.15) is 20.7 Å². The second-order valence-corrected chi connectivity index (χ2v) is 6.47. The van der Waals surface area contributed by atoms with Crippen molar-refractivity contribution < 1.29 is 19.4 Å². The van der Waals surface area contributed by atoms with Gasteiger partial charge in [0.05, 0.1) is 21.5 Å². The van der Waals surface area contributed by atoms with Crippen LogP contribution in [0.4, 0.5) is 22.2 Å². The number of non-ortho nitro benzene ring substituents is 2. The summed E-state index contributed by atoms with van der Waals surface area (Å²) in [6, 6.07) is 8.58. The first-order valence-corrected chi connectivity index (χ1v) is 8.77. The lowest BCUT2D eigenvalue weighted by Gasteiger charge is -2.08. The first-order chi connectivity index (χ1) is 13.8. The second-order valence-electron chi connectivity index (χ2n) is 5.58. The number of nitrogens with one attached hydrogen (secondary N) is 2. The Bertz CT molecular complexity index is 1080. The van der Waals surface area contributed by atoms with Crippen LogP contribution in [0.5, 0.6) is 0 Å². The molecule has 1 aromatic heterocycles. The number of benzene rings is 2. The highest BCUT2D eigenvalue weighted by atomic mass is 32.1. The summed E-state index contributed by atoms with van der Waals surface area (Å²) in [6.07, 6.45) is 1.54. The summed E-state index contributed by atoms with van der Waals surface area (Å²) in [5, 5.41) is 29.1. The Hall–Kier alpha value is -4.19. The number of carbonyl (C=O) groups excluding carboxylic acids is 2. The fourth-order valence-corrected chi connectivity index (χ4v) is 2.86. The summed E-state index contributed by atoms with van der Waals surface area (Å²) in [7, 11) is 0. The van der Waals surface area contributed by atoms with Crippen molar-refractivity contribution in [2.45, 2.75) is 0 Å². The number of hydrogen-bond donors (Lipinski definition) is 2. The third-order valence-corrected chi connectivity index (χ3v) is 4.31. The van der Waals surface area contributed by atoms with E-state index in [-0.39, 0.29) is 16.8 Å². The van der Waals surface area contributed by atoms with Crippen molar-refractivity contribution in [3.05, 3.63) is 85.4 Å². The van der Waals surface area contributed by atoms with E-state index in [1.807, 2.05) is 0 Å². The van der Waals surface area contributed by atoms with Crippen LogP contribution in [0.2, 0.25) is 0 Å². The van der Waals surface area contributed by atoms with Gasteiger partial charge >= 0.3 is 0 Å². The minimum Gasteiger partial charge on any atom is -0.322 e. The molecule has 0 radical (unpaired) electrons. The lowest BCUT2D eigenvalue weighted by Crippen LogP contribution is -2.15. The summed E-state index contributed by atoms with van der Waals surface area (Å²) < 4.78 is 0. The predicted molar refractivity (Wildman–Crippen MR) is 104 cm³/mol. The Labute approximate surface area is 166 Å². The van der Waals surface area contributed by atoms with Gasteiger partial charge in [0.1, 0.15) is 0 Å². The largest absolute Gasteiger partial charge is 0.322 e. The Morgan fingerprint density at radius 1 is 0.897 bits per heavy atom. The van der Waals surface area contributed by atoms with E-state index in [2.05, 4.69) is 15.6 Å². The average molecular weight is 413 g/mol. The quantitative estimate of drug-likeness (QED) is 0.462. The molecule has 0 atom stereocenters. The van der Waals surface area contributed by atoms with Crippen molar-refractivity contribution in [2.24, 2.45) is 0 Å². The Kier molecular flexibility index (Phi) is 5.55. The number of rotatable bonds is 6. The molecule has 0 saturated heterocycles. The molecule has 3 aromatic rings. The lowest BCUT2D eigenvalue weighted by atomic mass is 10.1. The molecule has 0 aliphatic heterocycles. The number of thiazole rings is 1. The first-order valence-electron chi connectivity index (χ1n) is 7.89. The van der Waals surface area contributed by atoms with Crippen LogP contribution in [-0.4, -0.2) is 26.6 Å². The van der Waals surface area contributed by atoms with E-state index in [1.54, 1.807) is 5.38 Å². The number of hydrogen-bond acceptors (Lipinski definition) is 8. The first kappa shape index (κ1) is 19.6. The van der Waals surface area contributed by atoms with Gasteiger partial charge in [0.15, 0.2) is 5.13 Å². The maximum absolute atomic E-state index is 12.4. The average Bonchev–Trinajstić information content (AvgIpc) is 3.20. The van der Waals surface area contributed by atoms with E-state index in [4.69, 9.17) is 0 Å². The van der Waals surface area contributed by atoms with Gasteiger partial charge in [0.25, 0.3) is 23.2 Å². The van der Waals surface area contributed by atoms with Crippen molar-refractivity contribution in [1.82, 2.24) is 4.98 Å². The van der Waals surface area contributed by atoms with Crippen LogP contribution < -0.4 is 10.6 Å². The van der Waals surface area contributed by atoms with E-state index >= 15 is 0 Å². The van der Waals surface area contributed by atoms with E-state index in [0.29, 0.717) is 5.13 Å². The monoisotopic (exact) mass is 413 g/mol. The maximum Gasteiger partial charge on any atom is 0.277 e. The molecule has 2 amide bonds. The molecule has 0 spiro atoms. The molecule has 11 nitrogen and oxygen atoms in total. The minimum atomic E-state index is -0.826. The van der Waals surface area contributed by atoms with Gasteiger partial charge < -0.3 is 5.32 Å². The molecule has 0 saturated carbocycles. The van der Waals surface area contributed by atoms with Crippen LogP contribution in [0, 0.1) is 20.2 Å². The Morgan fingerprint density at radius 3 is 2.14 bits per heavy atom. The van der Waals surface area contributed by atoms with Crippen LogP contribution in [0.25, 0.3) is 0 Å². The van der Waals surface area contributed by atoms with E-state index < -0.39 is 33.0 Å². The molecule has 0 aliphatic carbocycles. The number of anilines is 2. The van der Waals surface area contributed by atoms with Crippen molar-refractivity contribution >= 4 is 45.3 Å². The molecule has 0 aliphatic rings. The van der Waals surface area contributed by atoms with Crippen LogP contribution in [0.3, 0.4) is 0 Å². The fraction of sp³-hybridized carbons (Fsp3) is 0. The van der Waals surface area contributed by atoms with Crippen molar-refractivity contribution in [3.8, 4) is 0 Å². The number of nitrogens with zero attached hydrogens (tertiary/aromatic N) is 3. The highest BCUT2D eigenvalue weighted by molar-refractivity contribution is 7.13. The minimum absolute atomic E-state index is 0.232. The highest BCUT2D eigenvalue weighted by Crippen LogP contribution is 2.24. The van der Waals surface area contributed by atoms with Crippen LogP contribution >= 0.6 is 11.3 Å². The van der Waals surface area contributed by atoms with Crippen LogP contribution in [-0.2, 0) is 0 Å². The molecular formula is C17H11N5O6S. The van der Waals surface area contributed by atoms with Crippen molar-refractivity contribution in [3.63, 3.8) is 0 Å². The molecule has 29 heavy (non-hydrogen) atoms. The third-order valence-electron chi connectivity index (χ3n) is 3.62. The van der Waals surface area contributed by atoms with Gasteiger partial charge in [0, 0.05) is 35.0 Å². The molecule has 3 rings (SSSR count). The molecule has 0 bridgehead atoms. The molecular weight excluding hydrogens is 402 g/mol. The summed E-state index contributed by atoms with van der Waals surface area (Å²) in [5.74, 6) is -1.24. The molecule has 2 N–H and O–H groups in total. The van der Waals surface area contributed by atoms with Crippen molar-refractivity contribution in [1.29, 1.82) is 0 Å². The van der Waals surface area contributed by atoms with Crippen molar-refractivity contribution in [2.75, 3.05) is 10.6 Å². The highest BCUT2D eigenvalue weighted by Gasteiger charge is 2.20. The summed E-state index contributed by atoms with van der Waals surface area (Å²) in [4.78, 5) is 48.9. The topological polar surface area (TPSA) is 157 Å². The van der Waals surface area contributed by atoms with Gasteiger partial charge in [-0.2, -0.15) is 0 Å². The molecule has 12 heteroatoms. The van der Waals surface area contributed by atoms with Gasteiger partial charge in [-0.15, -0.1) is 11.3 Å². The summed E-state index contributed by atoms with van der Waals surface area (Å²) >= 11 is 1.24. The Balaban J connectivity index is 1.81.